The zero-order chi connectivity index (χ0) is 27.4. The number of rotatable bonds is 1. The van der Waals surface area contributed by atoms with Crippen molar-refractivity contribution in [3.8, 4) is 56.0 Å². The predicted molar refractivity (Wildman–Crippen MR) is 171 cm³/mol. The monoisotopic (exact) mass is 532 g/mol. The Morgan fingerprint density at radius 3 is 1.71 bits per heavy atom. The maximum absolute atomic E-state index is 6.44. The molecule has 7 aromatic rings. The van der Waals surface area contributed by atoms with Crippen molar-refractivity contribution in [3.05, 3.63) is 168 Å². The average Bonchev–Trinajstić information content (AvgIpc) is 3.53. The van der Waals surface area contributed by atoms with Crippen molar-refractivity contribution >= 4 is 10.8 Å². The van der Waals surface area contributed by atoms with E-state index in [0.717, 1.165) is 17.1 Å². The summed E-state index contributed by atoms with van der Waals surface area (Å²) < 4.78 is 6.44. The Hall–Kier alpha value is -5.40. The van der Waals surface area contributed by atoms with Crippen LogP contribution in [0.1, 0.15) is 22.3 Å². The molecule has 1 nitrogen and oxygen atoms in total. The molecule has 7 aromatic carbocycles. The lowest BCUT2D eigenvalue weighted by atomic mass is 9.70. The first-order valence-corrected chi connectivity index (χ1v) is 14.6. The van der Waals surface area contributed by atoms with Crippen molar-refractivity contribution in [1.82, 2.24) is 0 Å². The summed E-state index contributed by atoms with van der Waals surface area (Å²) in [6.07, 6.45) is 0. The molecular formula is C41H24O. The van der Waals surface area contributed by atoms with Crippen LogP contribution in [0.3, 0.4) is 0 Å². The molecular weight excluding hydrogens is 508 g/mol. The van der Waals surface area contributed by atoms with Crippen LogP contribution in [0, 0.1) is 0 Å². The van der Waals surface area contributed by atoms with E-state index in [9.17, 15) is 0 Å². The summed E-state index contributed by atoms with van der Waals surface area (Å²) in [7, 11) is 0. The van der Waals surface area contributed by atoms with E-state index in [2.05, 4.69) is 146 Å². The van der Waals surface area contributed by atoms with Crippen molar-refractivity contribution in [2.24, 2.45) is 0 Å². The van der Waals surface area contributed by atoms with Gasteiger partial charge in [0.25, 0.3) is 0 Å². The molecule has 0 bridgehead atoms. The van der Waals surface area contributed by atoms with Crippen LogP contribution in [0.25, 0.3) is 55.3 Å². The second-order valence-electron chi connectivity index (χ2n) is 11.6. The van der Waals surface area contributed by atoms with Crippen LogP contribution in [0.5, 0.6) is 11.5 Å². The van der Waals surface area contributed by atoms with Crippen molar-refractivity contribution in [1.29, 1.82) is 0 Å². The molecule has 0 unspecified atom stereocenters. The van der Waals surface area contributed by atoms with Gasteiger partial charge >= 0.3 is 0 Å². The van der Waals surface area contributed by atoms with Crippen molar-refractivity contribution in [3.63, 3.8) is 0 Å². The molecule has 0 N–H and O–H groups in total. The van der Waals surface area contributed by atoms with Gasteiger partial charge in [-0.3, -0.25) is 0 Å². The molecule has 1 aliphatic heterocycles. The minimum atomic E-state index is -0.336. The topological polar surface area (TPSA) is 9.23 Å². The van der Waals surface area contributed by atoms with Crippen LogP contribution in [0.15, 0.2) is 146 Å². The van der Waals surface area contributed by atoms with Crippen LogP contribution in [-0.2, 0) is 5.41 Å². The highest BCUT2D eigenvalue weighted by Gasteiger charge is 2.51. The smallest absolute Gasteiger partial charge is 0.135 e. The summed E-state index contributed by atoms with van der Waals surface area (Å²) in [5.74, 6) is 1.84. The molecule has 194 valence electrons. The average molecular weight is 533 g/mol. The first-order chi connectivity index (χ1) is 20.8. The Morgan fingerprint density at radius 1 is 0.381 bits per heavy atom. The molecule has 0 radical (unpaired) electrons. The molecule has 1 spiro atoms. The summed E-state index contributed by atoms with van der Waals surface area (Å²) in [6, 6.07) is 53.5. The second kappa shape index (κ2) is 7.87. The highest BCUT2D eigenvalue weighted by atomic mass is 16.5. The molecule has 0 fully saturated rings. The van der Waals surface area contributed by atoms with E-state index in [1.807, 2.05) is 0 Å². The van der Waals surface area contributed by atoms with Gasteiger partial charge in [-0.1, -0.05) is 127 Å². The SMILES string of the molecule is c1ccc2c(c1)-c1ccccc1C21c2ccccc2-c2c(-c3ccc4c(c3)-c3cccc5cccc(c35)O4)cccc21. The second-order valence-corrected chi connectivity index (χ2v) is 11.6. The van der Waals surface area contributed by atoms with Gasteiger partial charge in [-0.2, -0.15) is 0 Å². The first kappa shape index (κ1) is 22.3. The Labute approximate surface area is 244 Å². The van der Waals surface area contributed by atoms with Crippen molar-refractivity contribution < 1.29 is 4.74 Å². The molecule has 0 amide bonds. The maximum Gasteiger partial charge on any atom is 0.135 e. The van der Waals surface area contributed by atoms with E-state index < -0.39 is 0 Å². The highest BCUT2D eigenvalue weighted by molar-refractivity contribution is 6.05. The quantitative estimate of drug-likeness (QED) is 0.204. The van der Waals surface area contributed by atoms with Gasteiger partial charge in [-0.05, 0) is 84.8 Å². The number of ether oxygens (including phenoxy) is 1. The van der Waals surface area contributed by atoms with E-state index in [-0.39, 0.29) is 5.41 Å². The third kappa shape index (κ3) is 2.60. The predicted octanol–water partition coefficient (Wildman–Crippen LogP) is 10.6. The summed E-state index contributed by atoms with van der Waals surface area (Å²) in [6.45, 7) is 0. The zero-order valence-corrected chi connectivity index (χ0v) is 22.8. The van der Waals surface area contributed by atoms with Crippen LogP contribution in [0.4, 0.5) is 0 Å². The molecule has 3 aliphatic rings. The summed E-state index contributed by atoms with van der Waals surface area (Å²) >= 11 is 0. The van der Waals surface area contributed by atoms with Crippen molar-refractivity contribution in [2.75, 3.05) is 0 Å². The minimum absolute atomic E-state index is 0.336. The maximum atomic E-state index is 6.44. The molecule has 1 heterocycles. The van der Waals surface area contributed by atoms with Gasteiger partial charge in [-0.15, -0.1) is 0 Å². The lowest BCUT2D eigenvalue weighted by Gasteiger charge is -2.30. The van der Waals surface area contributed by atoms with Crippen LogP contribution < -0.4 is 4.74 Å². The van der Waals surface area contributed by atoms with Gasteiger partial charge < -0.3 is 4.74 Å². The Morgan fingerprint density at radius 2 is 0.952 bits per heavy atom. The van der Waals surface area contributed by atoms with Crippen molar-refractivity contribution in [2.45, 2.75) is 5.41 Å². The number of fused-ring (bicyclic) bond motifs is 12. The number of benzene rings is 7. The molecule has 1 heteroatoms. The van der Waals surface area contributed by atoms with Gasteiger partial charge in [0.15, 0.2) is 0 Å². The van der Waals surface area contributed by atoms with Gasteiger partial charge in [0.1, 0.15) is 11.5 Å². The Bertz CT molecular complexity index is 2240. The largest absolute Gasteiger partial charge is 0.456 e. The summed E-state index contributed by atoms with van der Waals surface area (Å²) in [5.41, 5.74) is 15.3. The molecule has 10 rings (SSSR count). The fourth-order valence-electron chi connectivity index (χ4n) is 8.12. The highest BCUT2D eigenvalue weighted by Crippen LogP contribution is 2.64. The summed E-state index contributed by atoms with van der Waals surface area (Å²) in [5, 5.41) is 2.39. The fraction of sp³-hybridized carbons (Fsp3) is 0.0244. The number of hydrogen-bond acceptors (Lipinski definition) is 1. The van der Waals surface area contributed by atoms with Gasteiger partial charge in [0.05, 0.1) is 5.41 Å². The zero-order valence-electron chi connectivity index (χ0n) is 22.8. The normalized spacial score (nSPS) is 14.1. The molecule has 0 atom stereocenters. The van der Waals surface area contributed by atoms with Crippen LogP contribution in [-0.4, -0.2) is 0 Å². The van der Waals surface area contributed by atoms with E-state index >= 15 is 0 Å². The van der Waals surface area contributed by atoms with Crippen LogP contribution in [0.2, 0.25) is 0 Å². The molecule has 0 aromatic heterocycles. The lowest BCUT2D eigenvalue weighted by Crippen LogP contribution is -2.25. The van der Waals surface area contributed by atoms with Crippen LogP contribution >= 0.6 is 0 Å². The van der Waals surface area contributed by atoms with Gasteiger partial charge in [-0.25, -0.2) is 0 Å². The third-order valence-electron chi connectivity index (χ3n) is 9.69. The molecule has 0 saturated carbocycles. The number of hydrogen-bond donors (Lipinski definition) is 0. The first-order valence-electron chi connectivity index (χ1n) is 14.6. The van der Waals surface area contributed by atoms with E-state index in [0.29, 0.717) is 0 Å². The molecule has 42 heavy (non-hydrogen) atoms. The van der Waals surface area contributed by atoms with Gasteiger partial charge in [0.2, 0.25) is 0 Å². The Kier molecular flexibility index (Phi) is 4.18. The molecule has 2 aliphatic carbocycles. The summed E-state index contributed by atoms with van der Waals surface area (Å²) in [4.78, 5) is 0. The fourth-order valence-corrected chi connectivity index (χ4v) is 8.12. The van der Waals surface area contributed by atoms with E-state index in [1.54, 1.807) is 0 Å². The van der Waals surface area contributed by atoms with E-state index in [1.165, 1.54) is 72.0 Å². The standard InChI is InChI=1S/C41H24O/c1-4-17-33-28(12-1)29-13-2-5-18-34(29)41(33)35-19-6-3-14-31(35)40-27(15-9-20-36(40)41)26-22-23-37-32(24-26)30-16-7-10-25-11-8-21-38(42-37)39(25)30/h1-24H. The molecule has 0 saturated heterocycles. The third-order valence-corrected chi connectivity index (χ3v) is 9.69. The minimum Gasteiger partial charge on any atom is -0.456 e. The van der Waals surface area contributed by atoms with E-state index in [4.69, 9.17) is 4.74 Å². The lowest BCUT2D eigenvalue weighted by molar-refractivity contribution is 0.487. The Balaban J connectivity index is 1.27. The van der Waals surface area contributed by atoms with Gasteiger partial charge in [0, 0.05) is 10.9 Å².